The van der Waals surface area contributed by atoms with Crippen molar-refractivity contribution in [3.8, 4) is 5.75 Å². The van der Waals surface area contributed by atoms with Crippen molar-refractivity contribution in [1.29, 1.82) is 0 Å². The normalized spacial score (nSPS) is 14.5. The smallest absolute Gasteiger partial charge is 0.239 e. The number of rotatable bonds is 8. The molecule has 0 saturated heterocycles. The van der Waals surface area contributed by atoms with Crippen LogP contribution < -0.4 is 15.4 Å². The topological polar surface area (TPSA) is 67.4 Å². The third kappa shape index (κ3) is 6.30. The second-order valence-electron chi connectivity index (χ2n) is 6.06. The SMILES string of the molecule is Cc1ccc(OCCCNC(=O)CNC(=O)C2CCCC2)cc1. The lowest BCUT2D eigenvalue weighted by atomic mass is 10.1. The number of benzene rings is 1. The van der Waals surface area contributed by atoms with Crippen LogP contribution in [-0.4, -0.2) is 31.5 Å². The van der Waals surface area contributed by atoms with Crippen LogP contribution in [0, 0.1) is 12.8 Å². The van der Waals surface area contributed by atoms with Crippen molar-refractivity contribution in [3.63, 3.8) is 0 Å². The molecule has 1 aromatic rings. The highest BCUT2D eigenvalue weighted by Gasteiger charge is 2.22. The molecule has 0 spiro atoms. The van der Waals surface area contributed by atoms with Gasteiger partial charge in [0.15, 0.2) is 0 Å². The monoisotopic (exact) mass is 318 g/mol. The molecule has 5 heteroatoms. The minimum Gasteiger partial charge on any atom is -0.494 e. The largest absolute Gasteiger partial charge is 0.494 e. The van der Waals surface area contributed by atoms with Crippen molar-refractivity contribution in [2.45, 2.75) is 39.0 Å². The van der Waals surface area contributed by atoms with Crippen LogP contribution in [0.4, 0.5) is 0 Å². The number of amides is 2. The fraction of sp³-hybridized carbons (Fsp3) is 0.556. The van der Waals surface area contributed by atoms with E-state index in [1.54, 1.807) is 0 Å². The Morgan fingerprint density at radius 3 is 2.52 bits per heavy atom. The summed E-state index contributed by atoms with van der Waals surface area (Å²) < 4.78 is 5.59. The van der Waals surface area contributed by atoms with Gasteiger partial charge in [0.25, 0.3) is 0 Å². The van der Waals surface area contributed by atoms with Gasteiger partial charge >= 0.3 is 0 Å². The van der Waals surface area contributed by atoms with E-state index < -0.39 is 0 Å². The van der Waals surface area contributed by atoms with Crippen molar-refractivity contribution in [1.82, 2.24) is 10.6 Å². The van der Waals surface area contributed by atoms with Crippen LogP contribution in [0.2, 0.25) is 0 Å². The highest BCUT2D eigenvalue weighted by Crippen LogP contribution is 2.24. The molecule has 2 rings (SSSR count). The Kier molecular flexibility index (Phi) is 6.91. The molecule has 23 heavy (non-hydrogen) atoms. The summed E-state index contributed by atoms with van der Waals surface area (Å²) in [6.45, 7) is 3.20. The van der Waals surface area contributed by atoms with Crippen molar-refractivity contribution in [2.75, 3.05) is 19.7 Å². The van der Waals surface area contributed by atoms with Gasteiger partial charge in [0.1, 0.15) is 5.75 Å². The Morgan fingerprint density at radius 1 is 1.13 bits per heavy atom. The molecule has 0 radical (unpaired) electrons. The molecule has 2 N–H and O–H groups in total. The van der Waals surface area contributed by atoms with Crippen LogP contribution >= 0.6 is 0 Å². The molecule has 2 amide bonds. The van der Waals surface area contributed by atoms with Gasteiger partial charge < -0.3 is 15.4 Å². The summed E-state index contributed by atoms with van der Waals surface area (Å²) in [5.41, 5.74) is 1.20. The molecule has 126 valence electrons. The lowest BCUT2D eigenvalue weighted by molar-refractivity contribution is -0.128. The quantitative estimate of drug-likeness (QED) is 0.722. The summed E-state index contributed by atoms with van der Waals surface area (Å²) in [7, 11) is 0. The molecular weight excluding hydrogens is 292 g/mol. The zero-order valence-electron chi connectivity index (χ0n) is 13.8. The third-order valence-corrected chi connectivity index (χ3v) is 4.08. The minimum atomic E-state index is -0.147. The lowest BCUT2D eigenvalue weighted by Crippen LogP contribution is -2.39. The molecule has 0 unspecified atom stereocenters. The Morgan fingerprint density at radius 2 is 1.83 bits per heavy atom. The van der Waals surface area contributed by atoms with Gasteiger partial charge in [-0.05, 0) is 38.3 Å². The van der Waals surface area contributed by atoms with E-state index in [-0.39, 0.29) is 24.3 Å². The molecule has 0 aromatic heterocycles. The van der Waals surface area contributed by atoms with E-state index in [2.05, 4.69) is 10.6 Å². The minimum absolute atomic E-state index is 0.0142. The summed E-state index contributed by atoms with van der Waals surface area (Å²) in [5, 5.41) is 5.50. The fourth-order valence-corrected chi connectivity index (χ4v) is 2.69. The molecule has 1 fully saturated rings. The first-order valence-electron chi connectivity index (χ1n) is 8.39. The van der Waals surface area contributed by atoms with Crippen molar-refractivity contribution in [3.05, 3.63) is 29.8 Å². The van der Waals surface area contributed by atoms with Gasteiger partial charge in [-0.2, -0.15) is 0 Å². The van der Waals surface area contributed by atoms with Crippen molar-refractivity contribution < 1.29 is 14.3 Å². The summed E-state index contributed by atoms with van der Waals surface area (Å²) >= 11 is 0. The first kappa shape index (κ1) is 17.3. The number of nitrogens with one attached hydrogen (secondary N) is 2. The predicted molar refractivity (Wildman–Crippen MR) is 89.3 cm³/mol. The van der Waals surface area contributed by atoms with E-state index in [9.17, 15) is 9.59 Å². The summed E-state index contributed by atoms with van der Waals surface area (Å²) in [4.78, 5) is 23.5. The number of hydrogen-bond acceptors (Lipinski definition) is 3. The molecule has 1 aromatic carbocycles. The van der Waals surface area contributed by atoms with Crippen LogP contribution in [0.5, 0.6) is 5.75 Å². The Bertz CT molecular complexity index is 508. The van der Waals surface area contributed by atoms with Gasteiger partial charge in [-0.3, -0.25) is 9.59 Å². The van der Waals surface area contributed by atoms with E-state index >= 15 is 0 Å². The average Bonchev–Trinajstić information content (AvgIpc) is 3.08. The molecule has 1 aliphatic carbocycles. The first-order valence-corrected chi connectivity index (χ1v) is 8.39. The van der Waals surface area contributed by atoms with Crippen LogP contribution in [-0.2, 0) is 9.59 Å². The average molecular weight is 318 g/mol. The van der Waals surface area contributed by atoms with E-state index in [0.29, 0.717) is 13.2 Å². The number of aryl methyl sites for hydroxylation is 1. The van der Waals surface area contributed by atoms with Crippen LogP contribution in [0.15, 0.2) is 24.3 Å². The van der Waals surface area contributed by atoms with Gasteiger partial charge in [-0.15, -0.1) is 0 Å². The molecule has 0 atom stereocenters. The number of hydrogen-bond donors (Lipinski definition) is 2. The first-order chi connectivity index (χ1) is 11.1. The Hall–Kier alpha value is -2.04. The zero-order valence-corrected chi connectivity index (χ0v) is 13.8. The maximum atomic E-state index is 11.8. The van der Waals surface area contributed by atoms with Gasteiger partial charge in [0.05, 0.1) is 13.2 Å². The second kappa shape index (κ2) is 9.18. The highest BCUT2D eigenvalue weighted by molar-refractivity contribution is 5.85. The Labute approximate surface area is 137 Å². The highest BCUT2D eigenvalue weighted by atomic mass is 16.5. The summed E-state index contributed by atoms with van der Waals surface area (Å²) in [6, 6.07) is 7.88. The van der Waals surface area contributed by atoms with Gasteiger partial charge in [0.2, 0.25) is 11.8 Å². The number of carbonyl (C=O) groups is 2. The van der Waals surface area contributed by atoms with Gasteiger partial charge in [0, 0.05) is 12.5 Å². The van der Waals surface area contributed by atoms with E-state index in [1.807, 2.05) is 31.2 Å². The zero-order chi connectivity index (χ0) is 16.5. The molecule has 1 aliphatic rings. The van der Waals surface area contributed by atoms with Gasteiger partial charge in [-0.1, -0.05) is 30.5 Å². The lowest BCUT2D eigenvalue weighted by Gasteiger charge is -2.11. The van der Waals surface area contributed by atoms with Gasteiger partial charge in [-0.25, -0.2) is 0 Å². The van der Waals surface area contributed by atoms with E-state index in [4.69, 9.17) is 4.74 Å². The second-order valence-corrected chi connectivity index (χ2v) is 6.06. The number of carbonyl (C=O) groups excluding carboxylic acids is 2. The Balaban J connectivity index is 1.51. The van der Waals surface area contributed by atoms with Crippen molar-refractivity contribution >= 4 is 11.8 Å². The standard InChI is InChI=1S/C18H26N2O3/c1-14-7-9-16(10-8-14)23-12-4-11-19-17(21)13-20-18(22)15-5-2-3-6-15/h7-10,15H,2-6,11-13H2,1H3,(H,19,21)(H,20,22). The maximum absolute atomic E-state index is 11.8. The third-order valence-electron chi connectivity index (χ3n) is 4.08. The van der Waals surface area contributed by atoms with E-state index in [0.717, 1.165) is 37.9 Å². The van der Waals surface area contributed by atoms with E-state index in [1.165, 1.54) is 5.56 Å². The predicted octanol–water partition coefficient (Wildman–Crippen LogP) is 2.19. The summed E-state index contributed by atoms with van der Waals surface area (Å²) in [6.07, 6.45) is 4.86. The van der Waals surface area contributed by atoms with Crippen LogP contribution in [0.3, 0.4) is 0 Å². The summed E-state index contributed by atoms with van der Waals surface area (Å²) in [5.74, 6) is 0.809. The molecule has 5 nitrogen and oxygen atoms in total. The maximum Gasteiger partial charge on any atom is 0.239 e. The molecule has 0 heterocycles. The molecular formula is C18H26N2O3. The molecule has 0 bridgehead atoms. The van der Waals surface area contributed by atoms with Crippen LogP contribution in [0.25, 0.3) is 0 Å². The fourth-order valence-electron chi connectivity index (χ4n) is 2.69. The molecule has 1 saturated carbocycles. The van der Waals surface area contributed by atoms with Crippen molar-refractivity contribution in [2.24, 2.45) is 5.92 Å². The number of ether oxygens (including phenoxy) is 1. The van der Waals surface area contributed by atoms with Crippen LogP contribution in [0.1, 0.15) is 37.7 Å². The molecule has 0 aliphatic heterocycles.